The number of benzene rings is 1. The van der Waals surface area contributed by atoms with E-state index in [1.54, 1.807) is 0 Å². The van der Waals surface area contributed by atoms with Gasteiger partial charge in [0.2, 0.25) is 0 Å². The van der Waals surface area contributed by atoms with Crippen LogP contribution in [0, 0.1) is 0 Å². The Hall–Kier alpha value is -0.530. The molecular weight excluding hydrogens is 182 g/mol. The average Bonchev–Trinajstić information content (AvgIpc) is 2.17. The normalized spacial score (nSPS) is 13.3. The minimum atomic E-state index is 0.460. The highest BCUT2D eigenvalue weighted by Crippen LogP contribution is 2.20. The van der Waals surface area contributed by atoms with Gasteiger partial charge in [-0.3, -0.25) is 4.90 Å². The Bertz CT molecular complexity index is 255. The van der Waals surface area contributed by atoms with Crippen molar-refractivity contribution < 1.29 is 0 Å². The van der Waals surface area contributed by atoms with Crippen molar-refractivity contribution in [2.75, 3.05) is 13.6 Å². The molecule has 13 heavy (non-hydrogen) atoms. The largest absolute Gasteiger partial charge is 0.300 e. The second-order valence-corrected chi connectivity index (χ2v) is 3.74. The fourth-order valence-corrected chi connectivity index (χ4v) is 1.40. The quantitative estimate of drug-likeness (QED) is 0.719. The molecule has 1 aromatic rings. The first-order valence-corrected chi connectivity index (χ1v) is 4.98. The van der Waals surface area contributed by atoms with Gasteiger partial charge in [0.1, 0.15) is 0 Å². The molecule has 0 spiro atoms. The second-order valence-electron chi connectivity index (χ2n) is 3.30. The van der Waals surface area contributed by atoms with E-state index in [1.807, 2.05) is 12.1 Å². The van der Waals surface area contributed by atoms with E-state index in [0.29, 0.717) is 6.04 Å². The zero-order valence-electron chi connectivity index (χ0n) is 8.42. The molecule has 1 rings (SSSR count). The van der Waals surface area contributed by atoms with Crippen LogP contribution in [0.2, 0.25) is 5.02 Å². The fourth-order valence-electron chi connectivity index (χ4n) is 1.27. The Morgan fingerprint density at radius 2 is 1.85 bits per heavy atom. The van der Waals surface area contributed by atoms with Crippen LogP contribution in [0.15, 0.2) is 24.3 Å². The lowest BCUT2D eigenvalue weighted by molar-refractivity contribution is 0.276. The van der Waals surface area contributed by atoms with Crippen LogP contribution in [0.5, 0.6) is 0 Å². The van der Waals surface area contributed by atoms with Crippen molar-refractivity contribution in [3.05, 3.63) is 34.9 Å². The highest BCUT2D eigenvalue weighted by molar-refractivity contribution is 6.30. The number of nitrogens with zero attached hydrogens (tertiary/aromatic N) is 1. The summed E-state index contributed by atoms with van der Waals surface area (Å²) in [4.78, 5) is 2.29. The Morgan fingerprint density at radius 3 is 2.31 bits per heavy atom. The van der Waals surface area contributed by atoms with Gasteiger partial charge in [0, 0.05) is 11.1 Å². The summed E-state index contributed by atoms with van der Waals surface area (Å²) in [5.41, 5.74) is 1.31. The maximum atomic E-state index is 5.82. The molecule has 0 aliphatic heterocycles. The summed E-state index contributed by atoms with van der Waals surface area (Å²) >= 11 is 5.82. The van der Waals surface area contributed by atoms with Crippen LogP contribution < -0.4 is 0 Å². The molecule has 0 heterocycles. The topological polar surface area (TPSA) is 3.24 Å². The first kappa shape index (κ1) is 10.6. The molecule has 0 aromatic heterocycles. The van der Waals surface area contributed by atoms with E-state index in [-0.39, 0.29) is 0 Å². The summed E-state index contributed by atoms with van der Waals surface area (Å²) < 4.78 is 0. The van der Waals surface area contributed by atoms with Gasteiger partial charge in [0.15, 0.2) is 0 Å². The molecule has 1 atom stereocenters. The van der Waals surface area contributed by atoms with Crippen molar-refractivity contribution in [2.24, 2.45) is 0 Å². The summed E-state index contributed by atoms with van der Waals surface area (Å²) in [5.74, 6) is 0. The van der Waals surface area contributed by atoms with Gasteiger partial charge in [-0.2, -0.15) is 0 Å². The minimum Gasteiger partial charge on any atom is -0.300 e. The van der Waals surface area contributed by atoms with Gasteiger partial charge in [0.05, 0.1) is 0 Å². The zero-order valence-corrected chi connectivity index (χ0v) is 9.17. The Kier molecular flexibility index (Phi) is 3.76. The third-order valence-corrected chi connectivity index (χ3v) is 2.76. The molecule has 2 heteroatoms. The van der Waals surface area contributed by atoms with E-state index in [0.717, 1.165) is 11.6 Å². The van der Waals surface area contributed by atoms with Crippen molar-refractivity contribution >= 4 is 11.6 Å². The van der Waals surface area contributed by atoms with Gasteiger partial charge in [-0.15, -0.1) is 0 Å². The molecule has 0 fully saturated rings. The summed E-state index contributed by atoms with van der Waals surface area (Å²) in [7, 11) is 2.12. The van der Waals surface area contributed by atoms with Crippen LogP contribution in [0.4, 0.5) is 0 Å². The SMILES string of the molecule is CCN(C)C(C)c1ccc(Cl)cc1. The third kappa shape index (κ3) is 2.71. The van der Waals surface area contributed by atoms with Crippen LogP contribution >= 0.6 is 11.6 Å². The van der Waals surface area contributed by atoms with E-state index in [4.69, 9.17) is 11.6 Å². The second kappa shape index (κ2) is 4.64. The molecule has 1 aromatic carbocycles. The van der Waals surface area contributed by atoms with Crippen LogP contribution in [-0.2, 0) is 0 Å². The van der Waals surface area contributed by atoms with Gasteiger partial charge in [0.25, 0.3) is 0 Å². The maximum Gasteiger partial charge on any atom is 0.0406 e. The fraction of sp³-hybridized carbons (Fsp3) is 0.455. The van der Waals surface area contributed by atoms with Gasteiger partial charge >= 0.3 is 0 Å². The van der Waals surface area contributed by atoms with Crippen LogP contribution in [0.1, 0.15) is 25.5 Å². The van der Waals surface area contributed by atoms with Crippen LogP contribution in [0.25, 0.3) is 0 Å². The molecule has 0 N–H and O–H groups in total. The van der Waals surface area contributed by atoms with Gasteiger partial charge in [-0.25, -0.2) is 0 Å². The van der Waals surface area contributed by atoms with E-state index < -0.39 is 0 Å². The standard InChI is InChI=1S/C11H16ClN/c1-4-13(3)9(2)10-5-7-11(12)8-6-10/h5-9H,4H2,1-3H3. The number of hydrogen-bond donors (Lipinski definition) is 0. The minimum absolute atomic E-state index is 0.460. The maximum absolute atomic E-state index is 5.82. The van der Waals surface area contributed by atoms with E-state index in [9.17, 15) is 0 Å². The highest BCUT2D eigenvalue weighted by atomic mass is 35.5. The predicted octanol–water partition coefficient (Wildman–Crippen LogP) is 3.35. The van der Waals surface area contributed by atoms with E-state index in [2.05, 4.69) is 37.9 Å². The molecule has 0 radical (unpaired) electrons. The summed E-state index contributed by atoms with van der Waals surface area (Å²) in [6.07, 6.45) is 0. The lowest BCUT2D eigenvalue weighted by atomic mass is 10.1. The van der Waals surface area contributed by atoms with Gasteiger partial charge in [-0.05, 0) is 38.2 Å². The van der Waals surface area contributed by atoms with Crippen LogP contribution in [0.3, 0.4) is 0 Å². The molecule has 0 aliphatic rings. The summed E-state index contributed by atoms with van der Waals surface area (Å²) in [6, 6.07) is 8.51. The monoisotopic (exact) mass is 197 g/mol. The molecule has 0 aliphatic carbocycles. The summed E-state index contributed by atoms with van der Waals surface area (Å²) in [6.45, 7) is 5.42. The Morgan fingerprint density at radius 1 is 1.31 bits per heavy atom. The highest BCUT2D eigenvalue weighted by Gasteiger charge is 2.08. The van der Waals surface area contributed by atoms with Crippen molar-refractivity contribution in [3.63, 3.8) is 0 Å². The van der Waals surface area contributed by atoms with Crippen molar-refractivity contribution in [1.29, 1.82) is 0 Å². The third-order valence-electron chi connectivity index (χ3n) is 2.51. The van der Waals surface area contributed by atoms with E-state index in [1.165, 1.54) is 5.56 Å². The zero-order chi connectivity index (χ0) is 9.84. The number of halogens is 1. The smallest absolute Gasteiger partial charge is 0.0406 e. The van der Waals surface area contributed by atoms with Crippen molar-refractivity contribution in [2.45, 2.75) is 19.9 Å². The molecule has 0 amide bonds. The molecule has 0 saturated carbocycles. The van der Waals surface area contributed by atoms with Crippen molar-refractivity contribution in [1.82, 2.24) is 4.90 Å². The average molecular weight is 198 g/mol. The number of hydrogen-bond acceptors (Lipinski definition) is 1. The molecule has 1 unspecified atom stereocenters. The molecule has 1 nitrogen and oxygen atoms in total. The molecule has 0 saturated heterocycles. The van der Waals surface area contributed by atoms with Crippen LogP contribution in [-0.4, -0.2) is 18.5 Å². The Labute approximate surface area is 85.3 Å². The number of rotatable bonds is 3. The molecule has 72 valence electrons. The van der Waals surface area contributed by atoms with Gasteiger partial charge < -0.3 is 0 Å². The lowest BCUT2D eigenvalue weighted by Gasteiger charge is -2.23. The first-order valence-electron chi connectivity index (χ1n) is 4.61. The van der Waals surface area contributed by atoms with Gasteiger partial charge in [-0.1, -0.05) is 30.7 Å². The van der Waals surface area contributed by atoms with Crippen molar-refractivity contribution in [3.8, 4) is 0 Å². The lowest BCUT2D eigenvalue weighted by Crippen LogP contribution is -2.21. The summed E-state index contributed by atoms with van der Waals surface area (Å²) in [5, 5.41) is 0.801. The molecule has 0 bridgehead atoms. The first-order chi connectivity index (χ1) is 6.15. The Balaban J connectivity index is 2.77. The van der Waals surface area contributed by atoms with E-state index >= 15 is 0 Å². The predicted molar refractivity (Wildman–Crippen MR) is 58.2 cm³/mol. The molecular formula is C11H16ClN.